The van der Waals surface area contributed by atoms with Gasteiger partial charge in [-0.15, -0.1) is 0 Å². The molecule has 0 N–H and O–H groups in total. The van der Waals surface area contributed by atoms with Gasteiger partial charge in [-0.05, 0) is 22.6 Å². The molecular formula is C16H17NO5. The molecule has 0 bridgehead atoms. The number of furan rings is 1. The van der Waals surface area contributed by atoms with Crippen molar-refractivity contribution in [3.8, 4) is 0 Å². The third kappa shape index (κ3) is 3.72. The molecule has 0 aliphatic rings. The summed E-state index contributed by atoms with van der Waals surface area (Å²) in [4.78, 5) is 21.5. The molecule has 1 aromatic heterocycles. The van der Waals surface area contributed by atoms with Gasteiger partial charge in [0.25, 0.3) is 0 Å². The van der Waals surface area contributed by atoms with Gasteiger partial charge in [0.1, 0.15) is 11.5 Å². The maximum absolute atomic E-state index is 11.7. The maximum atomic E-state index is 11.7. The number of carbonyl (C=O) groups is 1. The standard InChI is InChI=1S/C16H17NO5/c1-16(2,3)12-6-4-11(5-7-12)10-21-15(18)13-8-9-14(22-13)17(19)20/h4-9H,10H2,1-3H3. The van der Waals surface area contributed by atoms with Gasteiger partial charge in [-0.1, -0.05) is 45.0 Å². The van der Waals surface area contributed by atoms with E-state index in [0.29, 0.717) is 0 Å². The van der Waals surface area contributed by atoms with Crippen molar-refractivity contribution in [2.24, 2.45) is 0 Å². The Balaban J connectivity index is 1.97. The van der Waals surface area contributed by atoms with Gasteiger partial charge in [0.15, 0.2) is 0 Å². The lowest BCUT2D eigenvalue weighted by Gasteiger charge is -2.19. The second-order valence-electron chi connectivity index (χ2n) is 5.92. The summed E-state index contributed by atoms with van der Waals surface area (Å²) < 4.78 is 9.86. The van der Waals surface area contributed by atoms with E-state index in [9.17, 15) is 14.9 Å². The van der Waals surface area contributed by atoms with E-state index in [-0.39, 0.29) is 17.8 Å². The first-order valence-electron chi connectivity index (χ1n) is 6.78. The second-order valence-corrected chi connectivity index (χ2v) is 5.92. The third-order valence-electron chi connectivity index (χ3n) is 3.16. The molecule has 0 unspecified atom stereocenters. The van der Waals surface area contributed by atoms with E-state index in [1.54, 1.807) is 0 Å². The van der Waals surface area contributed by atoms with Crippen LogP contribution in [0, 0.1) is 10.1 Å². The van der Waals surface area contributed by atoms with Crippen molar-refractivity contribution in [3.05, 3.63) is 63.4 Å². The summed E-state index contributed by atoms with van der Waals surface area (Å²) in [7, 11) is 0. The van der Waals surface area contributed by atoms with Crippen LogP contribution in [0.3, 0.4) is 0 Å². The largest absolute Gasteiger partial charge is 0.455 e. The monoisotopic (exact) mass is 303 g/mol. The Morgan fingerprint density at radius 2 is 1.82 bits per heavy atom. The summed E-state index contributed by atoms with van der Waals surface area (Å²) >= 11 is 0. The van der Waals surface area contributed by atoms with Crippen LogP contribution in [0.15, 0.2) is 40.8 Å². The van der Waals surface area contributed by atoms with E-state index in [1.165, 1.54) is 11.6 Å². The Kier molecular flexibility index (Phi) is 4.30. The Hall–Kier alpha value is -2.63. The maximum Gasteiger partial charge on any atom is 0.433 e. The summed E-state index contributed by atoms with van der Waals surface area (Å²) in [6, 6.07) is 10.1. The highest BCUT2D eigenvalue weighted by molar-refractivity contribution is 5.86. The van der Waals surface area contributed by atoms with Crippen molar-refractivity contribution in [3.63, 3.8) is 0 Å². The predicted molar refractivity (Wildman–Crippen MR) is 79.6 cm³/mol. The van der Waals surface area contributed by atoms with Crippen LogP contribution in [-0.4, -0.2) is 10.9 Å². The minimum Gasteiger partial charge on any atom is -0.455 e. The number of hydrogen-bond acceptors (Lipinski definition) is 5. The lowest BCUT2D eigenvalue weighted by molar-refractivity contribution is -0.402. The molecule has 0 spiro atoms. The second kappa shape index (κ2) is 6.01. The number of carbonyl (C=O) groups excluding carboxylic acids is 1. The fourth-order valence-electron chi connectivity index (χ4n) is 1.86. The molecule has 0 saturated carbocycles. The fraction of sp³-hybridized carbons (Fsp3) is 0.312. The van der Waals surface area contributed by atoms with Crippen LogP contribution in [0.1, 0.15) is 42.5 Å². The molecule has 0 radical (unpaired) electrons. The molecule has 1 heterocycles. The minimum atomic E-state index is -0.729. The Morgan fingerprint density at radius 1 is 1.18 bits per heavy atom. The number of esters is 1. The van der Waals surface area contributed by atoms with E-state index >= 15 is 0 Å². The van der Waals surface area contributed by atoms with Crippen molar-refractivity contribution in [2.45, 2.75) is 32.8 Å². The van der Waals surface area contributed by atoms with Crippen LogP contribution in [0.4, 0.5) is 5.88 Å². The van der Waals surface area contributed by atoms with Crippen molar-refractivity contribution in [1.29, 1.82) is 0 Å². The summed E-state index contributed by atoms with van der Waals surface area (Å²) in [6.07, 6.45) is 0. The lowest BCUT2D eigenvalue weighted by atomic mass is 9.87. The predicted octanol–water partition coefficient (Wildman–Crippen LogP) is 3.84. The summed E-state index contributed by atoms with van der Waals surface area (Å²) in [6.45, 7) is 6.43. The minimum absolute atomic E-state index is 0.0578. The van der Waals surface area contributed by atoms with E-state index < -0.39 is 16.8 Å². The molecule has 22 heavy (non-hydrogen) atoms. The SMILES string of the molecule is CC(C)(C)c1ccc(COC(=O)c2ccc([N+](=O)[O-])o2)cc1. The molecule has 0 aliphatic heterocycles. The van der Waals surface area contributed by atoms with Crippen molar-refractivity contribution in [2.75, 3.05) is 0 Å². The van der Waals surface area contributed by atoms with Gasteiger partial charge in [0.2, 0.25) is 5.76 Å². The zero-order valence-electron chi connectivity index (χ0n) is 12.7. The number of benzene rings is 1. The quantitative estimate of drug-likeness (QED) is 0.487. The Bertz CT molecular complexity index is 679. The van der Waals surface area contributed by atoms with Gasteiger partial charge in [0.05, 0.1) is 6.07 Å². The highest BCUT2D eigenvalue weighted by atomic mass is 16.7. The van der Waals surface area contributed by atoms with Gasteiger partial charge in [-0.2, -0.15) is 0 Å². The zero-order valence-corrected chi connectivity index (χ0v) is 12.7. The number of nitro groups is 1. The summed E-state index contributed by atoms with van der Waals surface area (Å²) in [5, 5.41) is 10.5. The molecular weight excluding hydrogens is 286 g/mol. The Morgan fingerprint density at radius 3 is 2.32 bits per heavy atom. The lowest BCUT2D eigenvalue weighted by Crippen LogP contribution is -2.11. The fourth-order valence-corrected chi connectivity index (χ4v) is 1.86. The first-order chi connectivity index (χ1) is 10.3. The molecule has 1 aromatic carbocycles. The molecule has 2 rings (SSSR count). The normalized spacial score (nSPS) is 11.2. The van der Waals surface area contributed by atoms with Gasteiger partial charge in [0, 0.05) is 0 Å². The number of rotatable bonds is 4. The average molecular weight is 303 g/mol. The first-order valence-corrected chi connectivity index (χ1v) is 6.78. The summed E-state index contributed by atoms with van der Waals surface area (Å²) in [5.74, 6) is -1.40. The smallest absolute Gasteiger partial charge is 0.433 e. The third-order valence-corrected chi connectivity index (χ3v) is 3.16. The van der Waals surface area contributed by atoms with E-state index in [0.717, 1.165) is 11.6 Å². The number of hydrogen-bond donors (Lipinski definition) is 0. The molecule has 116 valence electrons. The van der Waals surface area contributed by atoms with Crippen molar-refractivity contribution >= 4 is 11.9 Å². The zero-order chi connectivity index (χ0) is 16.3. The van der Waals surface area contributed by atoms with Gasteiger partial charge >= 0.3 is 11.9 Å². The van der Waals surface area contributed by atoms with Crippen LogP contribution in [0.25, 0.3) is 0 Å². The average Bonchev–Trinajstić information content (AvgIpc) is 2.94. The summed E-state index contributed by atoms with van der Waals surface area (Å²) in [5.41, 5.74) is 2.08. The van der Waals surface area contributed by atoms with E-state index in [2.05, 4.69) is 20.8 Å². The van der Waals surface area contributed by atoms with Gasteiger partial charge in [-0.25, -0.2) is 4.79 Å². The molecule has 0 saturated heterocycles. The van der Waals surface area contributed by atoms with E-state index in [1.807, 2.05) is 24.3 Å². The van der Waals surface area contributed by atoms with Crippen LogP contribution < -0.4 is 0 Å². The molecule has 0 fully saturated rings. The van der Waals surface area contributed by atoms with Crippen molar-refractivity contribution in [1.82, 2.24) is 0 Å². The van der Waals surface area contributed by atoms with Crippen molar-refractivity contribution < 1.29 is 18.9 Å². The van der Waals surface area contributed by atoms with E-state index in [4.69, 9.17) is 9.15 Å². The topological polar surface area (TPSA) is 82.6 Å². The Labute approximate surface area is 127 Å². The number of nitrogens with zero attached hydrogens (tertiary/aromatic N) is 1. The number of ether oxygens (including phenoxy) is 1. The molecule has 0 aliphatic carbocycles. The van der Waals surface area contributed by atoms with Crippen LogP contribution in [0.5, 0.6) is 0 Å². The molecule has 0 amide bonds. The molecule has 0 atom stereocenters. The van der Waals surface area contributed by atoms with Crippen LogP contribution >= 0.6 is 0 Å². The molecule has 6 nitrogen and oxygen atoms in total. The highest BCUT2D eigenvalue weighted by Crippen LogP contribution is 2.22. The van der Waals surface area contributed by atoms with Crippen LogP contribution in [0.2, 0.25) is 0 Å². The molecule has 2 aromatic rings. The van der Waals surface area contributed by atoms with Gasteiger partial charge in [-0.3, -0.25) is 10.1 Å². The molecule has 6 heteroatoms. The highest BCUT2D eigenvalue weighted by Gasteiger charge is 2.18. The first kappa shape index (κ1) is 15.8. The van der Waals surface area contributed by atoms with Crippen LogP contribution in [-0.2, 0) is 16.8 Å². The van der Waals surface area contributed by atoms with Gasteiger partial charge < -0.3 is 9.15 Å².